The molecule has 2 unspecified atom stereocenters. The highest BCUT2D eigenvalue weighted by Gasteiger charge is 2.35. The largest absolute Gasteiger partial charge is 0.485 e. The Morgan fingerprint density at radius 2 is 1.19 bits per heavy atom. The van der Waals surface area contributed by atoms with E-state index in [9.17, 15) is 19.2 Å². The fourth-order valence-electron chi connectivity index (χ4n) is 1.19. The SMILES string of the molecule is C[Si](C)(OC(=O)CC(N)C(=O)O)OC(=O)CC(N)C(=O)O. The monoisotopic (exact) mass is 322 g/mol. The molecule has 0 aliphatic rings. The van der Waals surface area contributed by atoms with Crippen molar-refractivity contribution in [3.63, 3.8) is 0 Å². The number of rotatable bonds is 8. The first-order chi connectivity index (χ1) is 9.44. The van der Waals surface area contributed by atoms with Crippen LogP contribution in [-0.4, -0.2) is 54.7 Å². The number of aliphatic carboxylic acids is 2. The Kier molecular flexibility index (Phi) is 6.98. The van der Waals surface area contributed by atoms with Crippen LogP contribution in [0, 0.1) is 0 Å². The lowest BCUT2D eigenvalue weighted by Crippen LogP contribution is -2.43. The molecule has 11 heteroatoms. The minimum atomic E-state index is -3.23. The average molecular weight is 322 g/mol. The van der Waals surface area contributed by atoms with Crippen molar-refractivity contribution in [3.8, 4) is 0 Å². The Balaban J connectivity index is 4.42. The maximum absolute atomic E-state index is 11.4. The van der Waals surface area contributed by atoms with Gasteiger partial charge in [-0.1, -0.05) is 0 Å². The van der Waals surface area contributed by atoms with Crippen molar-refractivity contribution in [2.75, 3.05) is 0 Å². The molecule has 0 aromatic rings. The minimum absolute atomic E-state index is 0.571. The highest BCUT2D eigenvalue weighted by molar-refractivity contribution is 6.67. The van der Waals surface area contributed by atoms with Crippen molar-refractivity contribution in [2.45, 2.75) is 38.0 Å². The van der Waals surface area contributed by atoms with Gasteiger partial charge in [-0.05, 0) is 0 Å². The van der Waals surface area contributed by atoms with Gasteiger partial charge in [-0.25, -0.2) is 0 Å². The van der Waals surface area contributed by atoms with Crippen molar-refractivity contribution in [2.24, 2.45) is 11.5 Å². The van der Waals surface area contributed by atoms with Gasteiger partial charge in [0, 0.05) is 13.1 Å². The quantitative estimate of drug-likeness (QED) is 0.379. The number of carbonyl (C=O) groups is 4. The normalized spacial score (nSPS) is 13.9. The number of nitrogens with two attached hydrogens (primary N) is 2. The van der Waals surface area contributed by atoms with E-state index in [2.05, 4.69) is 0 Å². The van der Waals surface area contributed by atoms with Crippen LogP contribution in [0.1, 0.15) is 12.8 Å². The Bertz CT molecular complexity index is 401. The molecule has 0 saturated carbocycles. The lowest BCUT2D eigenvalue weighted by atomic mass is 10.2. The molecule has 6 N–H and O–H groups in total. The van der Waals surface area contributed by atoms with Gasteiger partial charge in [-0.15, -0.1) is 0 Å². The molecule has 0 saturated heterocycles. The lowest BCUT2D eigenvalue weighted by Gasteiger charge is -2.23. The molecule has 0 heterocycles. The predicted molar refractivity (Wildman–Crippen MR) is 70.1 cm³/mol. The van der Waals surface area contributed by atoms with E-state index in [0.29, 0.717) is 0 Å². The Morgan fingerprint density at radius 1 is 0.905 bits per heavy atom. The third-order valence-corrected chi connectivity index (χ3v) is 3.57. The molecule has 0 aromatic heterocycles. The molecule has 21 heavy (non-hydrogen) atoms. The second-order valence-electron chi connectivity index (χ2n) is 4.65. The predicted octanol–water partition coefficient (Wildman–Crippen LogP) is -1.62. The van der Waals surface area contributed by atoms with Gasteiger partial charge in [-0.3, -0.25) is 19.2 Å². The average Bonchev–Trinajstić information content (AvgIpc) is 2.25. The fraction of sp³-hybridized carbons (Fsp3) is 0.600. The van der Waals surface area contributed by atoms with Crippen molar-refractivity contribution in [1.82, 2.24) is 0 Å². The Labute approximate surface area is 121 Å². The number of carboxylic acids is 2. The van der Waals surface area contributed by atoms with Crippen LogP contribution in [0.25, 0.3) is 0 Å². The fourth-order valence-corrected chi connectivity index (χ4v) is 2.49. The molecule has 0 aliphatic carbocycles. The number of hydrogen-bond donors (Lipinski definition) is 4. The zero-order valence-electron chi connectivity index (χ0n) is 11.6. The van der Waals surface area contributed by atoms with Crippen LogP contribution < -0.4 is 11.5 Å². The molecule has 0 fully saturated rings. The zero-order valence-corrected chi connectivity index (χ0v) is 12.6. The summed E-state index contributed by atoms with van der Waals surface area (Å²) in [4.78, 5) is 43.9. The van der Waals surface area contributed by atoms with Gasteiger partial charge in [0.25, 0.3) is 11.9 Å². The van der Waals surface area contributed by atoms with Crippen molar-refractivity contribution < 1.29 is 38.2 Å². The van der Waals surface area contributed by atoms with Gasteiger partial charge in [0.05, 0.1) is 12.8 Å². The number of carboxylic acid groups (broad SMARTS) is 2. The van der Waals surface area contributed by atoms with Crippen LogP contribution in [-0.2, 0) is 28.0 Å². The molecule has 2 atom stereocenters. The van der Waals surface area contributed by atoms with Crippen LogP contribution >= 0.6 is 0 Å². The molecule has 120 valence electrons. The molecule has 0 aromatic carbocycles. The second kappa shape index (κ2) is 7.71. The van der Waals surface area contributed by atoms with Gasteiger partial charge >= 0.3 is 20.5 Å². The summed E-state index contributed by atoms with van der Waals surface area (Å²) >= 11 is 0. The van der Waals surface area contributed by atoms with E-state index < -0.39 is 57.4 Å². The van der Waals surface area contributed by atoms with E-state index in [1.807, 2.05) is 0 Å². The van der Waals surface area contributed by atoms with E-state index in [1.54, 1.807) is 0 Å². The van der Waals surface area contributed by atoms with E-state index in [4.69, 9.17) is 30.5 Å². The summed E-state index contributed by atoms with van der Waals surface area (Å²) < 4.78 is 9.79. The second-order valence-corrected chi connectivity index (χ2v) is 7.85. The summed E-state index contributed by atoms with van der Waals surface area (Å²) in [6.07, 6.45) is -1.14. The number of carbonyl (C=O) groups excluding carboxylic acids is 2. The van der Waals surface area contributed by atoms with Gasteiger partial charge in [-0.2, -0.15) is 0 Å². The van der Waals surface area contributed by atoms with E-state index in [-0.39, 0.29) is 0 Å². The van der Waals surface area contributed by atoms with E-state index in [0.717, 1.165) is 0 Å². The highest BCUT2D eigenvalue weighted by atomic mass is 28.4. The molecule has 0 bridgehead atoms. The van der Waals surface area contributed by atoms with E-state index >= 15 is 0 Å². The van der Waals surface area contributed by atoms with Gasteiger partial charge < -0.3 is 30.5 Å². The standard InChI is InChI=1S/C10H18N2O8Si/c1-21(2,19-7(13)3-5(11)9(15)16)20-8(14)4-6(12)10(17)18/h5-6H,3-4,11-12H2,1-2H3,(H,15,16)(H,17,18). The smallest absolute Gasteiger partial charge is 0.457 e. The van der Waals surface area contributed by atoms with Crippen molar-refractivity contribution >= 4 is 32.4 Å². The van der Waals surface area contributed by atoms with Gasteiger partial charge in [0.15, 0.2) is 0 Å². The molecule has 0 spiro atoms. The van der Waals surface area contributed by atoms with Crippen LogP contribution in [0.4, 0.5) is 0 Å². The third kappa shape index (κ3) is 8.01. The molecular formula is C10H18N2O8Si. The maximum Gasteiger partial charge on any atom is 0.457 e. The summed E-state index contributed by atoms with van der Waals surface area (Å²) in [7, 11) is -3.23. The summed E-state index contributed by atoms with van der Waals surface area (Å²) in [6, 6.07) is -2.84. The van der Waals surface area contributed by atoms with E-state index in [1.165, 1.54) is 13.1 Å². The first kappa shape index (κ1) is 19.0. The van der Waals surface area contributed by atoms with Gasteiger partial charge in [0.1, 0.15) is 12.1 Å². The highest BCUT2D eigenvalue weighted by Crippen LogP contribution is 2.10. The molecule has 0 aliphatic heterocycles. The van der Waals surface area contributed by atoms with Crippen LogP contribution in [0.15, 0.2) is 0 Å². The van der Waals surface area contributed by atoms with Crippen molar-refractivity contribution in [1.29, 1.82) is 0 Å². The molecule has 0 rings (SSSR count). The first-order valence-electron chi connectivity index (χ1n) is 5.85. The summed E-state index contributed by atoms with van der Waals surface area (Å²) in [5.74, 6) is -4.57. The number of hydrogen-bond acceptors (Lipinski definition) is 8. The summed E-state index contributed by atoms with van der Waals surface area (Å²) in [5, 5.41) is 17.1. The molecule has 0 amide bonds. The summed E-state index contributed by atoms with van der Waals surface area (Å²) in [5.41, 5.74) is 10.3. The molecule has 0 radical (unpaired) electrons. The third-order valence-electron chi connectivity index (χ3n) is 2.13. The lowest BCUT2D eigenvalue weighted by molar-refractivity contribution is -0.148. The molecule has 10 nitrogen and oxygen atoms in total. The summed E-state index contributed by atoms with van der Waals surface area (Å²) in [6.45, 7) is 2.72. The van der Waals surface area contributed by atoms with Crippen LogP contribution in [0.2, 0.25) is 13.1 Å². The van der Waals surface area contributed by atoms with Crippen molar-refractivity contribution in [3.05, 3.63) is 0 Å². The zero-order chi connectivity index (χ0) is 16.8. The Hall–Kier alpha value is -1.98. The minimum Gasteiger partial charge on any atom is -0.485 e. The van der Waals surface area contributed by atoms with Crippen LogP contribution in [0.5, 0.6) is 0 Å². The first-order valence-corrected chi connectivity index (χ1v) is 8.66. The maximum atomic E-state index is 11.4. The van der Waals surface area contributed by atoms with Gasteiger partial charge in [0.2, 0.25) is 0 Å². The van der Waals surface area contributed by atoms with Crippen LogP contribution in [0.3, 0.4) is 0 Å². The molecular weight excluding hydrogens is 304 g/mol. The topological polar surface area (TPSA) is 179 Å². The Morgan fingerprint density at radius 3 is 1.43 bits per heavy atom.